The fourth-order valence-electron chi connectivity index (χ4n) is 2.64. The summed E-state index contributed by atoms with van der Waals surface area (Å²) in [4.78, 5) is 23.5. The first-order chi connectivity index (χ1) is 14.3. The van der Waals surface area contributed by atoms with E-state index in [4.69, 9.17) is 28.2 Å². The van der Waals surface area contributed by atoms with Crippen LogP contribution in [0.1, 0.15) is 11.1 Å². The van der Waals surface area contributed by atoms with Crippen LogP contribution in [0.5, 0.6) is 0 Å². The van der Waals surface area contributed by atoms with Crippen molar-refractivity contribution in [3.63, 3.8) is 0 Å². The van der Waals surface area contributed by atoms with Gasteiger partial charge in [0.1, 0.15) is 11.4 Å². The predicted octanol–water partition coefficient (Wildman–Crippen LogP) is 4.14. The van der Waals surface area contributed by atoms with Crippen LogP contribution in [0, 0.1) is 12.7 Å². The summed E-state index contributed by atoms with van der Waals surface area (Å²) in [5.74, 6) is -0.388. The number of thioether (sulfide) groups is 1. The fraction of sp³-hybridized carbons (Fsp3) is 0.150. The van der Waals surface area contributed by atoms with E-state index in [1.165, 1.54) is 30.0 Å². The number of halogens is 2. The Hall–Kier alpha value is -2.62. The summed E-state index contributed by atoms with van der Waals surface area (Å²) in [5, 5.41) is 4.19. The van der Waals surface area contributed by atoms with Crippen molar-refractivity contribution in [2.75, 3.05) is 11.1 Å². The second-order valence-corrected chi connectivity index (χ2v) is 8.08. The molecule has 156 valence electrons. The molecular formula is C20H17ClFN3O3S2. The van der Waals surface area contributed by atoms with Gasteiger partial charge >= 0.3 is 5.63 Å². The number of nitrogens with one attached hydrogen (secondary N) is 3. The van der Waals surface area contributed by atoms with Crippen LogP contribution < -0.4 is 21.8 Å². The number of hydrogen-bond acceptors (Lipinski definition) is 5. The summed E-state index contributed by atoms with van der Waals surface area (Å²) in [5.41, 5.74) is 6.81. The van der Waals surface area contributed by atoms with Crippen molar-refractivity contribution in [2.45, 2.75) is 12.7 Å². The molecule has 0 spiro atoms. The number of carbonyl (C=O) groups excluding carboxylic acids is 1. The first-order valence-corrected chi connectivity index (χ1v) is 10.7. The second kappa shape index (κ2) is 9.92. The van der Waals surface area contributed by atoms with Gasteiger partial charge in [-0.1, -0.05) is 17.7 Å². The van der Waals surface area contributed by atoms with E-state index in [9.17, 15) is 14.0 Å². The van der Waals surface area contributed by atoms with E-state index in [1.807, 2.05) is 13.0 Å². The third-order valence-electron chi connectivity index (χ3n) is 4.07. The molecule has 1 heterocycles. The van der Waals surface area contributed by atoms with Gasteiger partial charge in [-0.05, 0) is 49.0 Å². The van der Waals surface area contributed by atoms with Gasteiger partial charge in [0.2, 0.25) is 5.91 Å². The smallest absolute Gasteiger partial charge is 0.336 e. The summed E-state index contributed by atoms with van der Waals surface area (Å²) in [7, 11) is 0. The number of hydrogen-bond donors (Lipinski definition) is 3. The largest absolute Gasteiger partial charge is 0.423 e. The summed E-state index contributed by atoms with van der Waals surface area (Å²) in [6, 6.07) is 11.1. The Kier molecular flexibility index (Phi) is 7.30. The minimum atomic E-state index is -0.431. The molecule has 0 aliphatic carbocycles. The van der Waals surface area contributed by atoms with Gasteiger partial charge in [0.25, 0.3) is 0 Å². The lowest BCUT2D eigenvalue weighted by atomic mass is 10.1. The zero-order chi connectivity index (χ0) is 21.7. The van der Waals surface area contributed by atoms with E-state index in [-0.39, 0.29) is 22.5 Å². The molecule has 1 aromatic heterocycles. The lowest BCUT2D eigenvalue weighted by Crippen LogP contribution is -2.44. The maximum atomic E-state index is 13.7. The Morgan fingerprint density at radius 1 is 1.23 bits per heavy atom. The number of fused-ring (bicyclic) bond motifs is 1. The zero-order valence-corrected chi connectivity index (χ0v) is 18.1. The van der Waals surface area contributed by atoms with E-state index >= 15 is 0 Å². The third-order valence-corrected chi connectivity index (χ3v) is 5.58. The van der Waals surface area contributed by atoms with Crippen LogP contribution in [0.15, 0.2) is 51.7 Å². The number of aryl methyl sites for hydroxylation is 1. The molecule has 3 rings (SSSR count). The van der Waals surface area contributed by atoms with Crippen LogP contribution in [0.3, 0.4) is 0 Å². The van der Waals surface area contributed by atoms with Crippen molar-refractivity contribution in [1.82, 2.24) is 10.9 Å². The van der Waals surface area contributed by atoms with E-state index in [0.29, 0.717) is 21.9 Å². The molecule has 0 saturated heterocycles. The molecule has 10 heteroatoms. The number of amides is 1. The van der Waals surface area contributed by atoms with Crippen molar-refractivity contribution in [3.05, 3.63) is 74.9 Å². The van der Waals surface area contributed by atoms with Gasteiger partial charge in [-0.25, -0.2) is 9.18 Å². The monoisotopic (exact) mass is 465 g/mol. The summed E-state index contributed by atoms with van der Waals surface area (Å²) < 4.78 is 18.9. The van der Waals surface area contributed by atoms with Crippen LogP contribution in [-0.4, -0.2) is 16.8 Å². The molecule has 0 bridgehead atoms. The standard InChI is InChI=1S/C20H17ClFN3O3S2/c1-11-7-19(27)28-17-8-12(5-6-13(11)17)23-20(29)25-24-18(26)10-30-9-14-15(21)3-2-4-16(14)22/h2-8H,9-10H2,1H3,(H,24,26)(H2,23,25,29). The normalized spacial score (nSPS) is 10.6. The summed E-state index contributed by atoms with van der Waals surface area (Å²) in [6.07, 6.45) is 0. The molecule has 0 unspecified atom stereocenters. The number of rotatable bonds is 5. The molecular weight excluding hydrogens is 449 g/mol. The van der Waals surface area contributed by atoms with Gasteiger partial charge in [0, 0.05) is 39.5 Å². The number of thiocarbonyl (C=S) groups is 1. The van der Waals surface area contributed by atoms with Gasteiger partial charge in [-0.2, -0.15) is 0 Å². The van der Waals surface area contributed by atoms with E-state index in [0.717, 1.165) is 10.9 Å². The Labute approximate surface area is 186 Å². The van der Waals surface area contributed by atoms with Crippen molar-refractivity contribution >= 4 is 63.3 Å². The molecule has 0 aliphatic heterocycles. The van der Waals surface area contributed by atoms with Gasteiger partial charge < -0.3 is 9.73 Å². The number of hydrazine groups is 1. The lowest BCUT2D eigenvalue weighted by Gasteiger charge is -2.12. The highest BCUT2D eigenvalue weighted by Gasteiger charge is 2.09. The Balaban J connectivity index is 1.48. The Bertz CT molecular complexity index is 1150. The quantitative estimate of drug-likeness (QED) is 0.296. The molecule has 6 nitrogen and oxygen atoms in total. The number of carbonyl (C=O) groups is 1. The van der Waals surface area contributed by atoms with Crippen molar-refractivity contribution in [2.24, 2.45) is 0 Å². The molecule has 1 amide bonds. The number of benzene rings is 2. The number of anilines is 1. The highest BCUT2D eigenvalue weighted by atomic mass is 35.5. The minimum absolute atomic E-state index is 0.0840. The van der Waals surface area contributed by atoms with E-state index < -0.39 is 11.4 Å². The molecule has 0 atom stereocenters. The van der Waals surface area contributed by atoms with Gasteiger partial charge in [0.15, 0.2) is 5.11 Å². The van der Waals surface area contributed by atoms with Crippen LogP contribution in [-0.2, 0) is 10.5 Å². The highest BCUT2D eigenvalue weighted by molar-refractivity contribution is 7.99. The summed E-state index contributed by atoms with van der Waals surface area (Å²) in [6.45, 7) is 1.83. The predicted molar refractivity (Wildman–Crippen MR) is 122 cm³/mol. The SMILES string of the molecule is Cc1cc(=O)oc2cc(NC(=S)NNC(=O)CSCc3c(F)cccc3Cl)ccc12. The van der Waals surface area contributed by atoms with Gasteiger partial charge in [-0.15, -0.1) is 11.8 Å². The molecule has 0 radical (unpaired) electrons. The van der Waals surface area contributed by atoms with E-state index in [2.05, 4.69) is 16.2 Å². The van der Waals surface area contributed by atoms with Gasteiger partial charge in [-0.3, -0.25) is 15.6 Å². The molecule has 3 aromatic rings. The average molecular weight is 466 g/mol. The average Bonchev–Trinajstić information content (AvgIpc) is 2.68. The summed E-state index contributed by atoms with van der Waals surface area (Å²) >= 11 is 12.3. The molecule has 0 saturated carbocycles. The van der Waals surface area contributed by atoms with Gasteiger partial charge in [0.05, 0.1) is 5.75 Å². The maximum absolute atomic E-state index is 13.7. The fourth-order valence-corrected chi connectivity index (χ4v) is 3.98. The first kappa shape index (κ1) is 22.1. The second-order valence-electron chi connectivity index (χ2n) is 6.28. The molecule has 30 heavy (non-hydrogen) atoms. The van der Waals surface area contributed by atoms with Crippen LogP contribution in [0.4, 0.5) is 10.1 Å². The minimum Gasteiger partial charge on any atom is -0.423 e. The third kappa shape index (κ3) is 5.71. The maximum Gasteiger partial charge on any atom is 0.336 e. The van der Waals surface area contributed by atoms with Crippen molar-refractivity contribution in [3.8, 4) is 0 Å². The zero-order valence-electron chi connectivity index (χ0n) is 15.8. The topological polar surface area (TPSA) is 83.4 Å². The molecule has 0 fully saturated rings. The van der Waals surface area contributed by atoms with Crippen LogP contribution in [0.25, 0.3) is 11.0 Å². The van der Waals surface area contributed by atoms with Crippen molar-refractivity contribution in [1.29, 1.82) is 0 Å². The van der Waals surface area contributed by atoms with Crippen molar-refractivity contribution < 1.29 is 13.6 Å². The molecule has 0 aliphatic rings. The lowest BCUT2D eigenvalue weighted by molar-refractivity contribution is -0.119. The Morgan fingerprint density at radius 2 is 2.03 bits per heavy atom. The first-order valence-electron chi connectivity index (χ1n) is 8.74. The molecule has 3 N–H and O–H groups in total. The van der Waals surface area contributed by atoms with Crippen LogP contribution in [0.2, 0.25) is 5.02 Å². The highest BCUT2D eigenvalue weighted by Crippen LogP contribution is 2.24. The van der Waals surface area contributed by atoms with E-state index in [1.54, 1.807) is 18.2 Å². The Morgan fingerprint density at radius 3 is 2.80 bits per heavy atom. The van der Waals surface area contributed by atoms with Crippen LogP contribution >= 0.6 is 35.6 Å². The molecule has 2 aromatic carbocycles.